The zero-order valence-electron chi connectivity index (χ0n) is 11.7. The summed E-state index contributed by atoms with van der Waals surface area (Å²) in [5.41, 5.74) is 7.38. The Balaban J connectivity index is 1.86. The molecule has 1 aromatic heterocycles. The standard InChI is InChI=1S/C15H24N4/c1-15(8-4-2-5-9-15)19-14(16)11-13(18-19)12-7-3-6-10-17-12/h2,4,11-12,17H,3,5-10,16H2,1H3. The van der Waals surface area contributed by atoms with E-state index in [9.17, 15) is 0 Å². The van der Waals surface area contributed by atoms with Crippen LogP contribution in [-0.2, 0) is 5.54 Å². The van der Waals surface area contributed by atoms with Gasteiger partial charge in [0.2, 0.25) is 0 Å². The van der Waals surface area contributed by atoms with E-state index >= 15 is 0 Å². The van der Waals surface area contributed by atoms with Gasteiger partial charge < -0.3 is 11.1 Å². The van der Waals surface area contributed by atoms with Gasteiger partial charge in [-0.25, -0.2) is 4.68 Å². The highest BCUT2D eigenvalue weighted by atomic mass is 15.4. The molecular formula is C15H24N4. The Morgan fingerprint density at radius 3 is 3.00 bits per heavy atom. The lowest BCUT2D eigenvalue weighted by Gasteiger charge is -2.32. The van der Waals surface area contributed by atoms with E-state index < -0.39 is 0 Å². The third kappa shape index (κ3) is 2.41. The quantitative estimate of drug-likeness (QED) is 0.804. The Morgan fingerprint density at radius 2 is 2.32 bits per heavy atom. The first-order chi connectivity index (χ1) is 9.19. The van der Waals surface area contributed by atoms with Crippen LogP contribution in [0.2, 0.25) is 0 Å². The maximum absolute atomic E-state index is 6.21. The first kappa shape index (κ1) is 12.7. The van der Waals surface area contributed by atoms with E-state index in [1.807, 2.05) is 0 Å². The Labute approximate surface area is 115 Å². The minimum absolute atomic E-state index is 0.0474. The van der Waals surface area contributed by atoms with Crippen molar-refractivity contribution in [2.75, 3.05) is 12.3 Å². The summed E-state index contributed by atoms with van der Waals surface area (Å²) in [4.78, 5) is 0. The van der Waals surface area contributed by atoms with Crippen molar-refractivity contribution in [1.82, 2.24) is 15.1 Å². The molecule has 0 aromatic carbocycles. The molecule has 0 saturated carbocycles. The number of nitrogen functional groups attached to an aromatic ring is 1. The van der Waals surface area contributed by atoms with Crippen molar-refractivity contribution in [3.8, 4) is 0 Å². The highest BCUT2D eigenvalue weighted by molar-refractivity contribution is 5.34. The van der Waals surface area contributed by atoms with Gasteiger partial charge in [0.1, 0.15) is 5.82 Å². The molecule has 3 N–H and O–H groups in total. The number of nitrogens with zero attached hydrogens (tertiary/aromatic N) is 2. The van der Waals surface area contributed by atoms with E-state index in [0.717, 1.165) is 37.3 Å². The first-order valence-corrected chi connectivity index (χ1v) is 7.43. The van der Waals surface area contributed by atoms with Crippen LogP contribution in [0, 0.1) is 0 Å². The SMILES string of the molecule is CC1(n2nc(C3CCCCN3)cc2N)CC=CCC1. The van der Waals surface area contributed by atoms with Crippen molar-refractivity contribution in [2.24, 2.45) is 0 Å². The van der Waals surface area contributed by atoms with E-state index in [-0.39, 0.29) is 5.54 Å². The summed E-state index contributed by atoms with van der Waals surface area (Å²) < 4.78 is 2.06. The molecule has 1 fully saturated rings. The monoisotopic (exact) mass is 260 g/mol. The Morgan fingerprint density at radius 1 is 1.42 bits per heavy atom. The molecule has 0 amide bonds. The Bertz CT molecular complexity index is 470. The van der Waals surface area contributed by atoms with E-state index in [2.05, 4.69) is 35.1 Å². The lowest BCUT2D eigenvalue weighted by molar-refractivity contribution is 0.260. The predicted octanol–water partition coefficient (Wildman–Crippen LogP) is 2.74. The molecule has 2 atom stereocenters. The van der Waals surface area contributed by atoms with Crippen LogP contribution in [0.15, 0.2) is 18.2 Å². The second-order valence-electron chi connectivity index (χ2n) is 6.12. The minimum Gasteiger partial charge on any atom is -0.384 e. The number of piperidine rings is 1. The number of hydrogen-bond acceptors (Lipinski definition) is 3. The fraction of sp³-hybridized carbons (Fsp3) is 0.667. The van der Waals surface area contributed by atoms with Gasteiger partial charge in [-0.1, -0.05) is 18.6 Å². The molecular weight excluding hydrogens is 236 g/mol. The van der Waals surface area contributed by atoms with Crippen LogP contribution in [0.5, 0.6) is 0 Å². The average molecular weight is 260 g/mol. The van der Waals surface area contributed by atoms with E-state index in [0.29, 0.717) is 6.04 Å². The fourth-order valence-electron chi connectivity index (χ4n) is 3.27. The molecule has 104 valence electrons. The molecule has 2 heterocycles. The van der Waals surface area contributed by atoms with Crippen LogP contribution in [0.25, 0.3) is 0 Å². The van der Waals surface area contributed by atoms with Crippen LogP contribution < -0.4 is 11.1 Å². The molecule has 4 heteroatoms. The molecule has 2 unspecified atom stereocenters. The molecule has 0 spiro atoms. The van der Waals surface area contributed by atoms with Gasteiger partial charge in [0.15, 0.2) is 0 Å². The first-order valence-electron chi connectivity index (χ1n) is 7.43. The van der Waals surface area contributed by atoms with Crippen molar-refractivity contribution in [3.63, 3.8) is 0 Å². The summed E-state index contributed by atoms with van der Waals surface area (Å²) in [7, 11) is 0. The molecule has 1 saturated heterocycles. The summed E-state index contributed by atoms with van der Waals surface area (Å²) in [6.07, 6.45) is 11.5. The van der Waals surface area contributed by atoms with Crippen molar-refractivity contribution in [1.29, 1.82) is 0 Å². The van der Waals surface area contributed by atoms with Gasteiger partial charge in [0, 0.05) is 6.07 Å². The van der Waals surface area contributed by atoms with Gasteiger partial charge in [0.25, 0.3) is 0 Å². The van der Waals surface area contributed by atoms with Crippen LogP contribution in [0.1, 0.15) is 57.2 Å². The van der Waals surface area contributed by atoms with Gasteiger partial charge in [0.05, 0.1) is 17.3 Å². The summed E-state index contributed by atoms with van der Waals surface area (Å²) in [5, 5.41) is 8.37. The normalized spacial score (nSPS) is 31.5. The highest BCUT2D eigenvalue weighted by Gasteiger charge is 2.30. The lowest BCUT2D eigenvalue weighted by atomic mass is 9.88. The van der Waals surface area contributed by atoms with Gasteiger partial charge in [-0.3, -0.25) is 0 Å². The largest absolute Gasteiger partial charge is 0.384 e. The zero-order valence-corrected chi connectivity index (χ0v) is 11.7. The molecule has 1 aliphatic heterocycles. The van der Waals surface area contributed by atoms with E-state index in [1.54, 1.807) is 0 Å². The molecule has 1 aromatic rings. The zero-order chi connectivity index (χ0) is 13.3. The minimum atomic E-state index is 0.0474. The number of allylic oxidation sites excluding steroid dienone is 2. The summed E-state index contributed by atoms with van der Waals surface area (Å²) in [6, 6.07) is 2.45. The number of nitrogens with one attached hydrogen (secondary N) is 1. The van der Waals surface area contributed by atoms with Gasteiger partial charge in [-0.2, -0.15) is 5.10 Å². The van der Waals surface area contributed by atoms with E-state index in [4.69, 9.17) is 10.8 Å². The third-order valence-electron chi connectivity index (χ3n) is 4.51. The molecule has 4 nitrogen and oxygen atoms in total. The number of aromatic nitrogens is 2. The fourth-order valence-corrected chi connectivity index (χ4v) is 3.27. The molecule has 3 rings (SSSR count). The molecule has 19 heavy (non-hydrogen) atoms. The van der Waals surface area contributed by atoms with Crippen molar-refractivity contribution in [3.05, 3.63) is 23.9 Å². The van der Waals surface area contributed by atoms with Crippen LogP contribution in [0.4, 0.5) is 5.82 Å². The van der Waals surface area contributed by atoms with Crippen LogP contribution in [-0.4, -0.2) is 16.3 Å². The number of nitrogens with two attached hydrogens (primary N) is 1. The van der Waals surface area contributed by atoms with Gasteiger partial charge in [-0.15, -0.1) is 0 Å². The Kier molecular flexibility index (Phi) is 3.35. The number of rotatable bonds is 2. The van der Waals surface area contributed by atoms with Crippen molar-refractivity contribution in [2.45, 2.75) is 57.0 Å². The second kappa shape index (κ2) is 5.00. The maximum atomic E-state index is 6.21. The number of anilines is 1. The lowest BCUT2D eigenvalue weighted by Crippen LogP contribution is -2.33. The summed E-state index contributed by atoms with van der Waals surface area (Å²) >= 11 is 0. The number of hydrogen-bond donors (Lipinski definition) is 2. The van der Waals surface area contributed by atoms with Crippen LogP contribution in [0.3, 0.4) is 0 Å². The Hall–Kier alpha value is -1.29. The third-order valence-corrected chi connectivity index (χ3v) is 4.51. The van der Waals surface area contributed by atoms with Crippen molar-refractivity contribution >= 4 is 5.82 Å². The maximum Gasteiger partial charge on any atom is 0.122 e. The summed E-state index contributed by atoms with van der Waals surface area (Å²) in [6.45, 7) is 3.36. The summed E-state index contributed by atoms with van der Waals surface area (Å²) in [5.74, 6) is 0.806. The van der Waals surface area contributed by atoms with Crippen molar-refractivity contribution < 1.29 is 0 Å². The highest BCUT2D eigenvalue weighted by Crippen LogP contribution is 2.34. The van der Waals surface area contributed by atoms with E-state index in [1.165, 1.54) is 19.3 Å². The molecule has 0 radical (unpaired) electrons. The molecule has 2 aliphatic rings. The van der Waals surface area contributed by atoms with Gasteiger partial charge >= 0.3 is 0 Å². The van der Waals surface area contributed by atoms with Crippen LogP contribution >= 0.6 is 0 Å². The predicted molar refractivity (Wildman–Crippen MR) is 77.9 cm³/mol. The smallest absolute Gasteiger partial charge is 0.122 e. The average Bonchev–Trinajstić information content (AvgIpc) is 2.84. The molecule has 0 bridgehead atoms. The second-order valence-corrected chi connectivity index (χ2v) is 6.12. The topological polar surface area (TPSA) is 55.9 Å². The van der Waals surface area contributed by atoms with Gasteiger partial charge in [-0.05, 0) is 45.6 Å². The molecule has 1 aliphatic carbocycles.